The lowest BCUT2D eigenvalue weighted by Crippen LogP contribution is -2.41. The lowest BCUT2D eigenvalue weighted by molar-refractivity contribution is -0.120. The van der Waals surface area contributed by atoms with Crippen LogP contribution in [0.5, 0.6) is 0 Å². The molecular weight excluding hydrogens is 418 g/mol. The molecule has 9 nitrogen and oxygen atoms in total. The summed E-state index contributed by atoms with van der Waals surface area (Å²) in [5.74, 6) is 0.530. The van der Waals surface area contributed by atoms with E-state index >= 15 is 0 Å². The summed E-state index contributed by atoms with van der Waals surface area (Å²) in [5.41, 5.74) is 1.84. The summed E-state index contributed by atoms with van der Waals surface area (Å²) < 4.78 is 34.8. The van der Waals surface area contributed by atoms with E-state index in [1.807, 2.05) is 30.3 Å². The van der Waals surface area contributed by atoms with Crippen LogP contribution in [0.1, 0.15) is 30.0 Å². The first-order chi connectivity index (χ1) is 14.8. The number of carbonyl (C=O) groups excluding carboxylic acids is 1. The van der Waals surface area contributed by atoms with E-state index in [-0.39, 0.29) is 29.8 Å². The molecular formula is C21H25N5O4S. The number of nitrogens with one attached hydrogen (secondary N) is 1. The summed E-state index contributed by atoms with van der Waals surface area (Å²) in [6.45, 7) is 5.76. The van der Waals surface area contributed by atoms with E-state index < -0.39 is 10.0 Å². The number of sulfonamides is 1. The predicted octanol–water partition coefficient (Wildman–Crippen LogP) is 2.82. The third-order valence-corrected chi connectivity index (χ3v) is 7.68. The maximum Gasteiger partial charge on any atom is 0.246 e. The Hall–Kier alpha value is -2.98. The zero-order valence-electron chi connectivity index (χ0n) is 17.7. The second-order valence-corrected chi connectivity index (χ2v) is 9.61. The van der Waals surface area contributed by atoms with Crippen molar-refractivity contribution >= 4 is 21.7 Å². The van der Waals surface area contributed by atoms with Gasteiger partial charge in [0.25, 0.3) is 0 Å². The summed E-state index contributed by atoms with van der Waals surface area (Å²) in [7, 11) is -3.72. The van der Waals surface area contributed by atoms with Gasteiger partial charge in [-0.2, -0.15) is 9.40 Å². The van der Waals surface area contributed by atoms with Crippen molar-refractivity contribution in [3.8, 4) is 5.69 Å². The van der Waals surface area contributed by atoms with Gasteiger partial charge in [0, 0.05) is 25.1 Å². The molecule has 1 aliphatic heterocycles. The number of hydrogen-bond donors (Lipinski definition) is 1. The monoisotopic (exact) mass is 443 g/mol. The van der Waals surface area contributed by atoms with Crippen molar-refractivity contribution in [2.75, 3.05) is 18.4 Å². The highest BCUT2D eigenvalue weighted by Gasteiger charge is 2.35. The van der Waals surface area contributed by atoms with Crippen molar-refractivity contribution in [2.45, 2.75) is 38.5 Å². The first-order valence-corrected chi connectivity index (χ1v) is 11.6. The summed E-state index contributed by atoms with van der Waals surface area (Å²) >= 11 is 0. The van der Waals surface area contributed by atoms with Crippen molar-refractivity contribution in [3.05, 3.63) is 53.5 Å². The number of piperidine rings is 1. The van der Waals surface area contributed by atoms with Crippen LogP contribution >= 0.6 is 0 Å². The molecule has 3 heterocycles. The fourth-order valence-electron chi connectivity index (χ4n) is 3.96. The summed E-state index contributed by atoms with van der Waals surface area (Å²) in [6.07, 6.45) is 0.875. The molecule has 1 amide bonds. The summed E-state index contributed by atoms with van der Waals surface area (Å²) in [5, 5.41) is 11.0. The van der Waals surface area contributed by atoms with Gasteiger partial charge in [-0.05, 0) is 45.7 Å². The van der Waals surface area contributed by atoms with Gasteiger partial charge in [-0.1, -0.05) is 23.4 Å². The number of benzene rings is 1. The molecule has 0 spiro atoms. The standard InChI is InChI=1S/C21H25N5O4S/c1-14-13-19(24-30-14)22-21(27)17-9-11-25(12-10-17)31(28,29)20-15(2)23-26(16(20)3)18-7-5-4-6-8-18/h4-8,13,17H,9-12H2,1-3H3,(H,22,24,27). The summed E-state index contributed by atoms with van der Waals surface area (Å²) in [4.78, 5) is 12.7. The highest BCUT2D eigenvalue weighted by molar-refractivity contribution is 7.89. The highest BCUT2D eigenvalue weighted by Crippen LogP contribution is 2.29. The molecule has 0 atom stereocenters. The Morgan fingerprint density at radius 1 is 1.13 bits per heavy atom. The minimum Gasteiger partial charge on any atom is -0.360 e. The van der Waals surface area contributed by atoms with Crippen LogP contribution < -0.4 is 5.32 Å². The van der Waals surface area contributed by atoms with Crippen LogP contribution in [0.3, 0.4) is 0 Å². The molecule has 1 aliphatic rings. The first-order valence-electron chi connectivity index (χ1n) is 10.1. The fraction of sp³-hybridized carbons (Fsp3) is 0.381. The van der Waals surface area contributed by atoms with Gasteiger partial charge in [-0.3, -0.25) is 4.79 Å². The second kappa shape index (κ2) is 8.27. The Bertz CT molecular complexity index is 1190. The maximum atomic E-state index is 13.4. The van der Waals surface area contributed by atoms with Crippen LogP contribution in [-0.4, -0.2) is 46.7 Å². The molecule has 31 heavy (non-hydrogen) atoms. The first kappa shape index (κ1) is 21.3. The molecule has 1 aromatic carbocycles. The molecule has 164 valence electrons. The molecule has 0 aliphatic carbocycles. The number of aromatic nitrogens is 3. The third-order valence-electron chi connectivity index (χ3n) is 5.53. The van der Waals surface area contributed by atoms with Gasteiger partial charge < -0.3 is 9.84 Å². The Morgan fingerprint density at radius 2 is 1.81 bits per heavy atom. The number of anilines is 1. The van der Waals surface area contributed by atoms with Crippen molar-refractivity contribution in [1.82, 2.24) is 19.2 Å². The van der Waals surface area contributed by atoms with Gasteiger partial charge in [0.2, 0.25) is 15.9 Å². The highest BCUT2D eigenvalue weighted by atomic mass is 32.2. The topological polar surface area (TPSA) is 110 Å². The van der Waals surface area contributed by atoms with E-state index in [0.717, 1.165) is 5.69 Å². The molecule has 0 saturated carbocycles. The molecule has 3 aromatic rings. The van der Waals surface area contributed by atoms with E-state index in [0.29, 0.717) is 35.8 Å². The molecule has 1 saturated heterocycles. The van der Waals surface area contributed by atoms with E-state index in [2.05, 4.69) is 15.6 Å². The number of amides is 1. The van der Waals surface area contributed by atoms with Gasteiger partial charge in [0.15, 0.2) is 5.82 Å². The van der Waals surface area contributed by atoms with Crippen molar-refractivity contribution in [3.63, 3.8) is 0 Å². The van der Waals surface area contributed by atoms with E-state index in [4.69, 9.17) is 4.52 Å². The van der Waals surface area contributed by atoms with Crippen molar-refractivity contribution in [2.24, 2.45) is 5.92 Å². The van der Waals surface area contributed by atoms with Crippen LogP contribution in [-0.2, 0) is 14.8 Å². The average molecular weight is 444 g/mol. The lowest BCUT2D eigenvalue weighted by atomic mass is 9.97. The van der Waals surface area contributed by atoms with Crippen molar-refractivity contribution in [1.29, 1.82) is 0 Å². The SMILES string of the molecule is Cc1cc(NC(=O)C2CCN(S(=O)(=O)c3c(C)nn(-c4ccccc4)c3C)CC2)no1. The number of hydrogen-bond acceptors (Lipinski definition) is 6. The van der Waals surface area contributed by atoms with Crippen LogP contribution in [0.15, 0.2) is 45.8 Å². The van der Waals surface area contributed by atoms with Gasteiger partial charge in [-0.25, -0.2) is 13.1 Å². The zero-order chi connectivity index (χ0) is 22.2. The van der Waals surface area contributed by atoms with Crippen molar-refractivity contribution < 1.29 is 17.7 Å². The Kier molecular flexibility index (Phi) is 5.67. The molecule has 4 rings (SSSR count). The molecule has 2 aromatic heterocycles. The summed E-state index contributed by atoms with van der Waals surface area (Å²) in [6, 6.07) is 11.1. The van der Waals surface area contributed by atoms with Gasteiger partial charge in [-0.15, -0.1) is 0 Å². The van der Waals surface area contributed by atoms with Crippen LogP contribution in [0.25, 0.3) is 5.69 Å². The molecule has 0 radical (unpaired) electrons. The van der Waals surface area contributed by atoms with E-state index in [9.17, 15) is 13.2 Å². The predicted molar refractivity (Wildman–Crippen MR) is 114 cm³/mol. The largest absolute Gasteiger partial charge is 0.360 e. The molecule has 1 N–H and O–H groups in total. The Morgan fingerprint density at radius 3 is 2.42 bits per heavy atom. The van der Waals surface area contributed by atoms with E-state index in [1.54, 1.807) is 31.5 Å². The minimum absolute atomic E-state index is 0.172. The van der Waals surface area contributed by atoms with Gasteiger partial charge >= 0.3 is 0 Å². The molecule has 0 unspecified atom stereocenters. The number of nitrogens with zero attached hydrogens (tertiary/aromatic N) is 4. The Labute approximate surface area is 181 Å². The fourth-order valence-corrected chi connectivity index (χ4v) is 5.79. The van der Waals surface area contributed by atoms with Crippen LogP contribution in [0.4, 0.5) is 5.82 Å². The Balaban J connectivity index is 1.48. The number of carbonyl (C=O) groups is 1. The van der Waals surface area contributed by atoms with Gasteiger partial charge in [0.1, 0.15) is 10.7 Å². The molecule has 10 heteroatoms. The van der Waals surface area contributed by atoms with Crippen LogP contribution in [0.2, 0.25) is 0 Å². The number of para-hydroxylation sites is 1. The molecule has 0 bridgehead atoms. The number of aryl methyl sites for hydroxylation is 2. The van der Waals surface area contributed by atoms with Crippen LogP contribution in [0, 0.1) is 26.7 Å². The third kappa shape index (κ3) is 4.13. The van der Waals surface area contributed by atoms with E-state index in [1.165, 1.54) is 4.31 Å². The normalized spacial score (nSPS) is 15.8. The maximum absolute atomic E-state index is 13.4. The smallest absolute Gasteiger partial charge is 0.246 e. The zero-order valence-corrected chi connectivity index (χ0v) is 18.5. The quantitative estimate of drug-likeness (QED) is 0.649. The second-order valence-electron chi connectivity index (χ2n) is 7.74. The average Bonchev–Trinajstić information content (AvgIpc) is 3.30. The number of rotatable bonds is 5. The van der Waals surface area contributed by atoms with Gasteiger partial charge in [0.05, 0.1) is 17.1 Å². The lowest BCUT2D eigenvalue weighted by Gasteiger charge is -2.30. The molecule has 1 fully saturated rings. The minimum atomic E-state index is -3.72.